The normalized spacial score (nSPS) is 9.50. The van der Waals surface area contributed by atoms with Crippen molar-refractivity contribution in [2.45, 2.75) is 20.5 Å². The fraction of sp³-hybridized carbons (Fsp3) is 0.333. The Labute approximate surface area is 71.3 Å². The van der Waals surface area contributed by atoms with Gasteiger partial charge in [-0.1, -0.05) is 18.2 Å². The highest BCUT2D eigenvalue weighted by Crippen LogP contribution is 2.13. The molecule has 0 atom stereocenters. The number of rotatable bonds is 3. The van der Waals surface area contributed by atoms with E-state index in [-0.39, 0.29) is 6.61 Å². The van der Waals surface area contributed by atoms with Crippen LogP contribution in [0.4, 0.5) is 0 Å². The SMILES string of the molecule is Cc1cccc(C)c1CON=O. The van der Waals surface area contributed by atoms with Crippen LogP contribution in [0.5, 0.6) is 0 Å². The molecule has 0 heterocycles. The summed E-state index contributed by atoms with van der Waals surface area (Å²) in [4.78, 5) is 14.2. The van der Waals surface area contributed by atoms with E-state index in [2.05, 4.69) is 10.2 Å². The molecule has 0 fully saturated rings. The van der Waals surface area contributed by atoms with E-state index >= 15 is 0 Å². The maximum Gasteiger partial charge on any atom is 0.155 e. The Kier molecular flexibility index (Phi) is 2.80. The van der Waals surface area contributed by atoms with E-state index in [9.17, 15) is 4.91 Å². The number of hydrogen-bond acceptors (Lipinski definition) is 3. The predicted molar refractivity (Wildman–Crippen MR) is 46.5 cm³/mol. The molecule has 12 heavy (non-hydrogen) atoms. The Balaban J connectivity index is 2.88. The Morgan fingerprint density at radius 2 is 1.92 bits per heavy atom. The van der Waals surface area contributed by atoms with Crippen LogP contribution in [-0.2, 0) is 11.4 Å². The van der Waals surface area contributed by atoms with Crippen LogP contribution in [0.3, 0.4) is 0 Å². The summed E-state index contributed by atoms with van der Waals surface area (Å²) in [6.45, 7) is 4.23. The van der Waals surface area contributed by atoms with Crippen LogP contribution in [-0.4, -0.2) is 0 Å². The van der Waals surface area contributed by atoms with Gasteiger partial charge in [-0.05, 0) is 30.5 Å². The molecule has 0 aliphatic heterocycles. The summed E-state index contributed by atoms with van der Waals surface area (Å²) >= 11 is 0. The van der Waals surface area contributed by atoms with Crippen LogP contribution in [0, 0.1) is 18.8 Å². The minimum atomic E-state index is 0.266. The summed E-state index contributed by atoms with van der Waals surface area (Å²) in [6, 6.07) is 5.94. The van der Waals surface area contributed by atoms with Crippen molar-refractivity contribution in [1.29, 1.82) is 0 Å². The third kappa shape index (κ3) is 1.81. The lowest BCUT2D eigenvalue weighted by molar-refractivity contribution is 0.125. The van der Waals surface area contributed by atoms with Crippen LogP contribution in [0.2, 0.25) is 0 Å². The fourth-order valence-electron chi connectivity index (χ4n) is 1.17. The summed E-state index contributed by atoms with van der Waals surface area (Å²) in [6.07, 6.45) is 0. The summed E-state index contributed by atoms with van der Waals surface area (Å²) in [5, 5.41) is 2.36. The van der Waals surface area contributed by atoms with Gasteiger partial charge < -0.3 is 4.84 Å². The molecule has 0 spiro atoms. The van der Waals surface area contributed by atoms with E-state index in [1.54, 1.807) is 0 Å². The van der Waals surface area contributed by atoms with Gasteiger partial charge in [0.1, 0.15) is 6.61 Å². The van der Waals surface area contributed by atoms with Gasteiger partial charge in [-0.25, -0.2) is 0 Å². The van der Waals surface area contributed by atoms with E-state index in [4.69, 9.17) is 0 Å². The second kappa shape index (κ2) is 3.85. The highest BCUT2D eigenvalue weighted by molar-refractivity contribution is 5.32. The van der Waals surface area contributed by atoms with Gasteiger partial charge in [0.25, 0.3) is 0 Å². The highest BCUT2D eigenvalue weighted by atomic mass is 16.7. The van der Waals surface area contributed by atoms with Crippen molar-refractivity contribution in [3.05, 3.63) is 39.8 Å². The molecule has 0 N–H and O–H groups in total. The molecule has 1 aromatic rings. The average Bonchev–Trinajstić information content (AvgIpc) is 2.04. The highest BCUT2D eigenvalue weighted by Gasteiger charge is 2.01. The largest absolute Gasteiger partial charge is 0.359 e. The van der Waals surface area contributed by atoms with Crippen molar-refractivity contribution in [1.82, 2.24) is 0 Å². The van der Waals surface area contributed by atoms with Crippen molar-refractivity contribution in [2.24, 2.45) is 5.34 Å². The zero-order chi connectivity index (χ0) is 8.97. The molecule has 1 aromatic carbocycles. The van der Waals surface area contributed by atoms with Gasteiger partial charge >= 0.3 is 0 Å². The van der Waals surface area contributed by atoms with Crippen molar-refractivity contribution in [2.75, 3.05) is 0 Å². The lowest BCUT2D eigenvalue weighted by atomic mass is 10.0. The first-order chi connectivity index (χ1) is 5.75. The fourth-order valence-corrected chi connectivity index (χ4v) is 1.17. The maximum absolute atomic E-state index is 9.73. The minimum Gasteiger partial charge on any atom is -0.359 e. The molecule has 3 heteroatoms. The topological polar surface area (TPSA) is 38.7 Å². The summed E-state index contributed by atoms with van der Waals surface area (Å²) < 4.78 is 0. The van der Waals surface area contributed by atoms with E-state index in [1.807, 2.05) is 32.0 Å². The molecule has 0 saturated heterocycles. The lowest BCUT2D eigenvalue weighted by Crippen LogP contribution is -1.94. The van der Waals surface area contributed by atoms with Gasteiger partial charge in [0, 0.05) is 0 Å². The molecule has 64 valence electrons. The quantitative estimate of drug-likeness (QED) is 0.509. The summed E-state index contributed by atoms with van der Waals surface area (Å²) in [7, 11) is 0. The van der Waals surface area contributed by atoms with Gasteiger partial charge in [-0.15, -0.1) is 4.91 Å². The van der Waals surface area contributed by atoms with Crippen molar-refractivity contribution >= 4 is 0 Å². The van der Waals surface area contributed by atoms with E-state index in [0.717, 1.165) is 16.7 Å². The van der Waals surface area contributed by atoms with Crippen LogP contribution < -0.4 is 0 Å². The van der Waals surface area contributed by atoms with Crippen LogP contribution >= 0.6 is 0 Å². The van der Waals surface area contributed by atoms with E-state index in [1.165, 1.54) is 0 Å². The Bertz CT molecular complexity index is 264. The molecule has 0 radical (unpaired) electrons. The summed E-state index contributed by atoms with van der Waals surface area (Å²) in [5.41, 5.74) is 3.29. The van der Waals surface area contributed by atoms with E-state index < -0.39 is 0 Å². The zero-order valence-corrected chi connectivity index (χ0v) is 7.20. The molecule has 0 amide bonds. The Morgan fingerprint density at radius 1 is 1.33 bits per heavy atom. The second-order valence-electron chi connectivity index (χ2n) is 2.72. The molecular weight excluding hydrogens is 154 g/mol. The maximum atomic E-state index is 9.73. The average molecular weight is 165 g/mol. The Hall–Kier alpha value is -1.38. The van der Waals surface area contributed by atoms with Crippen molar-refractivity contribution < 1.29 is 4.84 Å². The first-order valence-electron chi connectivity index (χ1n) is 3.75. The molecule has 3 nitrogen and oxygen atoms in total. The zero-order valence-electron chi connectivity index (χ0n) is 7.20. The number of benzene rings is 1. The van der Waals surface area contributed by atoms with Crippen LogP contribution in [0.15, 0.2) is 23.5 Å². The monoisotopic (exact) mass is 165 g/mol. The van der Waals surface area contributed by atoms with Crippen molar-refractivity contribution in [3.63, 3.8) is 0 Å². The van der Waals surface area contributed by atoms with Crippen LogP contribution in [0.1, 0.15) is 16.7 Å². The molecule has 0 unspecified atom stereocenters. The number of nitrogens with zero attached hydrogens (tertiary/aromatic N) is 1. The Morgan fingerprint density at radius 3 is 2.42 bits per heavy atom. The molecular formula is C9H11NO2. The molecule has 0 aliphatic carbocycles. The first-order valence-corrected chi connectivity index (χ1v) is 3.75. The lowest BCUT2D eigenvalue weighted by Gasteiger charge is -2.05. The van der Waals surface area contributed by atoms with Crippen LogP contribution in [0.25, 0.3) is 0 Å². The molecule has 0 bridgehead atoms. The standard InChI is InChI=1S/C9H11NO2/c1-7-4-3-5-8(2)9(7)6-12-10-11/h3-5H,6H2,1-2H3. The van der Waals surface area contributed by atoms with Gasteiger partial charge in [-0.2, -0.15) is 0 Å². The van der Waals surface area contributed by atoms with Gasteiger partial charge in [0.15, 0.2) is 5.34 Å². The molecule has 1 rings (SSSR count). The van der Waals surface area contributed by atoms with Crippen molar-refractivity contribution in [3.8, 4) is 0 Å². The van der Waals surface area contributed by atoms with E-state index in [0.29, 0.717) is 0 Å². The third-order valence-electron chi connectivity index (χ3n) is 1.91. The van der Waals surface area contributed by atoms with Gasteiger partial charge in [0.2, 0.25) is 0 Å². The molecule has 0 saturated carbocycles. The van der Waals surface area contributed by atoms with Gasteiger partial charge in [-0.3, -0.25) is 0 Å². The number of hydrogen-bond donors (Lipinski definition) is 0. The van der Waals surface area contributed by atoms with Gasteiger partial charge in [0.05, 0.1) is 0 Å². The summed E-state index contributed by atoms with van der Waals surface area (Å²) in [5.74, 6) is 0. The third-order valence-corrected chi connectivity index (χ3v) is 1.91. The smallest absolute Gasteiger partial charge is 0.155 e. The minimum absolute atomic E-state index is 0.266. The first kappa shape index (κ1) is 8.71. The second-order valence-corrected chi connectivity index (χ2v) is 2.72. The molecule has 0 aromatic heterocycles. The molecule has 0 aliphatic rings. The predicted octanol–water partition coefficient (Wildman–Crippen LogP) is 2.50. The number of aryl methyl sites for hydroxylation is 2.